The third-order valence-corrected chi connectivity index (χ3v) is 4.75. The molecule has 0 aromatic carbocycles. The van der Waals surface area contributed by atoms with Crippen LogP contribution in [0, 0.1) is 0 Å². The van der Waals surface area contributed by atoms with Crippen LogP contribution in [0.15, 0.2) is 40.3 Å². The number of hydrogen-bond acceptors (Lipinski definition) is 4. The molecule has 0 saturated carbocycles. The van der Waals surface area contributed by atoms with E-state index in [0.717, 1.165) is 25.1 Å². The summed E-state index contributed by atoms with van der Waals surface area (Å²) in [6.45, 7) is 2.02. The maximum atomic E-state index is 12.1. The highest BCUT2D eigenvalue weighted by Crippen LogP contribution is 2.30. The molecule has 0 spiro atoms. The van der Waals surface area contributed by atoms with E-state index in [0.29, 0.717) is 13.1 Å². The molecule has 1 unspecified atom stereocenters. The average Bonchev–Trinajstić information content (AvgIpc) is 3.19. The van der Waals surface area contributed by atoms with Gasteiger partial charge in [-0.1, -0.05) is 12.5 Å². The van der Waals surface area contributed by atoms with Crippen molar-refractivity contribution in [2.24, 2.45) is 0 Å². The summed E-state index contributed by atoms with van der Waals surface area (Å²) in [5.74, 6) is 1.06. The van der Waals surface area contributed by atoms with E-state index in [1.807, 2.05) is 29.6 Å². The van der Waals surface area contributed by atoms with Gasteiger partial charge in [-0.25, -0.2) is 0 Å². The lowest BCUT2D eigenvalue weighted by Crippen LogP contribution is -2.41. The molecular formula is C16H20N2O2S. The predicted molar refractivity (Wildman–Crippen MR) is 83.0 cm³/mol. The van der Waals surface area contributed by atoms with Gasteiger partial charge in [-0.2, -0.15) is 0 Å². The number of carbonyl (C=O) groups is 1. The second-order valence-corrected chi connectivity index (χ2v) is 6.39. The minimum atomic E-state index is 0.0851. The fourth-order valence-corrected chi connectivity index (χ4v) is 3.47. The highest BCUT2D eigenvalue weighted by Gasteiger charge is 2.27. The molecule has 2 aromatic rings. The minimum Gasteiger partial charge on any atom is -0.468 e. The second kappa shape index (κ2) is 6.91. The standard InChI is InChI=1S/C16H20N2O2S/c19-16(17-11-13-5-4-10-21-13)12-18-8-2-1-6-14(18)15-7-3-9-20-15/h3-5,7,9-10,14H,1-2,6,8,11-12H2,(H,17,19). The van der Waals surface area contributed by atoms with Gasteiger partial charge in [0.1, 0.15) is 5.76 Å². The number of nitrogens with zero attached hydrogens (tertiary/aromatic N) is 1. The lowest BCUT2D eigenvalue weighted by molar-refractivity contribution is -0.123. The molecule has 4 nitrogen and oxygen atoms in total. The van der Waals surface area contributed by atoms with E-state index in [-0.39, 0.29) is 11.9 Å². The van der Waals surface area contributed by atoms with Crippen molar-refractivity contribution in [1.82, 2.24) is 10.2 Å². The maximum Gasteiger partial charge on any atom is 0.234 e. The highest BCUT2D eigenvalue weighted by atomic mass is 32.1. The van der Waals surface area contributed by atoms with Crippen LogP contribution >= 0.6 is 11.3 Å². The lowest BCUT2D eigenvalue weighted by atomic mass is 10.00. The van der Waals surface area contributed by atoms with Crippen molar-refractivity contribution in [1.29, 1.82) is 0 Å². The molecule has 112 valence electrons. The van der Waals surface area contributed by atoms with Gasteiger partial charge in [-0.3, -0.25) is 9.69 Å². The van der Waals surface area contributed by atoms with E-state index < -0.39 is 0 Å². The van der Waals surface area contributed by atoms with Crippen LogP contribution in [0.4, 0.5) is 0 Å². The monoisotopic (exact) mass is 304 g/mol. The zero-order valence-corrected chi connectivity index (χ0v) is 12.8. The molecule has 3 rings (SSSR count). The van der Waals surface area contributed by atoms with Crippen molar-refractivity contribution in [3.05, 3.63) is 46.5 Å². The van der Waals surface area contributed by atoms with Crippen LogP contribution in [0.25, 0.3) is 0 Å². The molecular weight excluding hydrogens is 284 g/mol. The summed E-state index contributed by atoms with van der Waals surface area (Å²) in [5, 5.41) is 5.02. The average molecular weight is 304 g/mol. The van der Waals surface area contributed by atoms with Crippen LogP contribution in [-0.4, -0.2) is 23.9 Å². The van der Waals surface area contributed by atoms with Crippen LogP contribution in [0.1, 0.15) is 35.9 Å². The van der Waals surface area contributed by atoms with Gasteiger partial charge in [0, 0.05) is 4.88 Å². The van der Waals surface area contributed by atoms with Gasteiger partial charge < -0.3 is 9.73 Å². The number of thiophene rings is 1. The van der Waals surface area contributed by atoms with Crippen LogP contribution in [-0.2, 0) is 11.3 Å². The highest BCUT2D eigenvalue weighted by molar-refractivity contribution is 7.09. The summed E-state index contributed by atoms with van der Waals surface area (Å²) in [4.78, 5) is 15.6. The first-order valence-electron chi connectivity index (χ1n) is 7.39. The number of likely N-dealkylation sites (tertiary alicyclic amines) is 1. The molecule has 1 saturated heterocycles. The first kappa shape index (κ1) is 14.4. The van der Waals surface area contributed by atoms with E-state index in [9.17, 15) is 4.79 Å². The van der Waals surface area contributed by atoms with Gasteiger partial charge >= 0.3 is 0 Å². The van der Waals surface area contributed by atoms with Crippen molar-refractivity contribution < 1.29 is 9.21 Å². The molecule has 0 radical (unpaired) electrons. The van der Waals surface area contributed by atoms with E-state index in [2.05, 4.69) is 10.2 Å². The molecule has 1 atom stereocenters. The van der Waals surface area contributed by atoms with E-state index in [4.69, 9.17) is 4.42 Å². The Morgan fingerprint density at radius 3 is 3.10 bits per heavy atom. The van der Waals surface area contributed by atoms with E-state index in [1.54, 1.807) is 17.6 Å². The van der Waals surface area contributed by atoms with Gasteiger partial charge in [0.25, 0.3) is 0 Å². The largest absolute Gasteiger partial charge is 0.468 e. The van der Waals surface area contributed by atoms with Crippen LogP contribution in [0.3, 0.4) is 0 Å². The van der Waals surface area contributed by atoms with Crippen molar-refractivity contribution in [3.8, 4) is 0 Å². The summed E-state index contributed by atoms with van der Waals surface area (Å²) in [7, 11) is 0. The van der Waals surface area contributed by atoms with Crippen molar-refractivity contribution >= 4 is 17.2 Å². The molecule has 1 amide bonds. The molecule has 21 heavy (non-hydrogen) atoms. The molecule has 0 aliphatic carbocycles. The molecule has 1 aliphatic heterocycles. The number of hydrogen-bond donors (Lipinski definition) is 1. The maximum absolute atomic E-state index is 12.1. The molecule has 2 aromatic heterocycles. The Balaban J connectivity index is 1.55. The molecule has 0 bridgehead atoms. The van der Waals surface area contributed by atoms with Gasteiger partial charge in [-0.05, 0) is 43.0 Å². The Labute approximate surface area is 128 Å². The van der Waals surface area contributed by atoms with E-state index in [1.165, 1.54) is 11.3 Å². The van der Waals surface area contributed by atoms with Gasteiger partial charge in [0.15, 0.2) is 0 Å². The summed E-state index contributed by atoms with van der Waals surface area (Å²) in [6.07, 6.45) is 5.11. The minimum absolute atomic E-state index is 0.0851. The fraction of sp³-hybridized carbons (Fsp3) is 0.438. The normalized spacial score (nSPS) is 19.5. The number of furan rings is 1. The summed E-state index contributed by atoms with van der Waals surface area (Å²) < 4.78 is 5.53. The Bertz CT molecular complexity index is 551. The number of carbonyl (C=O) groups excluding carboxylic acids is 1. The van der Waals surface area contributed by atoms with E-state index >= 15 is 0 Å². The molecule has 3 heterocycles. The zero-order chi connectivity index (χ0) is 14.5. The molecule has 5 heteroatoms. The Kier molecular flexibility index (Phi) is 4.72. The second-order valence-electron chi connectivity index (χ2n) is 5.35. The quantitative estimate of drug-likeness (QED) is 0.923. The van der Waals surface area contributed by atoms with Crippen molar-refractivity contribution in [3.63, 3.8) is 0 Å². The van der Waals surface area contributed by atoms with Gasteiger partial charge in [0.2, 0.25) is 5.91 Å². The zero-order valence-electron chi connectivity index (χ0n) is 12.0. The summed E-state index contributed by atoms with van der Waals surface area (Å²) >= 11 is 1.67. The summed E-state index contributed by atoms with van der Waals surface area (Å²) in [6, 6.07) is 8.20. The fourth-order valence-electron chi connectivity index (χ4n) is 2.82. The number of amides is 1. The molecule has 1 N–H and O–H groups in total. The van der Waals surface area contributed by atoms with Gasteiger partial charge in [0.05, 0.1) is 25.4 Å². The molecule has 1 aliphatic rings. The number of rotatable bonds is 5. The smallest absolute Gasteiger partial charge is 0.234 e. The lowest BCUT2D eigenvalue weighted by Gasteiger charge is -2.33. The third-order valence-electron chi connectivity index (χ3n) is 3.87. The Morgan fingerprint density at radius 2 is 2.33 bits per heavy atom. The third kappa shape index (κ3) is 3.74. The van der Waals surface area contributed by atoms with Crippen LogP contribution < -0.4 is 5.32 Å². The topological polar surface area (TPSA) is 45.5 Å². The first-order valence-corrected chi connectivity index (χ1v) is 8.27. The van der Waals surface area contributed by atoms with Crippen molar-refractivity contribution in [2.75, 3.05) is 13.1 Å². The SMILES string of the molecule is O=C(CN1CCCCC1c1ccco1)NCc1cccs1. The number of nitrogens with one attached hydrogen (secondary N) is 1. The van der Waals surface area contributed by atoms with Crippen molar-refractivity contribution in [2.45, 2.75) is 31.8 Å². The van der Waals surface area contributed by atoms with Crippen LogP contribution in [0.2, 0.25) is 0 Å². The van der Waals surface area contributed by atoms with Crippen LogP contribution in [0.5, 0.6) is 0 Å². The predicted octanol–water partition coefficient (Wildman–Crippen LogP) is 3.18. The first-order chi connectivity index (χ1) is 10.3. The molecule has 1 fully saturated rings. The summed E-state index contributed by atoms with van der Waals surface area (Å²) in [5.41, 5.74) is 0. The number of piperidine rings is 1. The van der Waals surface area contributed by atoms with Gasteiger partial charge in [-0.15, -0.1) is 11.3 Å². The Morgan fingerprint density at radius 1 is 1.38 bits per heavy atom. The Hall–Kier alpha value is -1.59.